The van der Waals surface area contributed by atoms with Crippen molar-refractivity contribution < 1.29 is 0 Å². The van der Waals surface area contributed by atoms with E-state index in [1.807, 2.05) is 10.9 Å². The summed E-state index contributed by atoms with van der Waals surface area (Å²) in [5, 5.41) is 12.6. The van der Waals surface area contributed by atoms with Crippen molar-refractivity contribution >= 4 is 0 Å². The average Bonchev–Trinajstić information content (AvgIpc) is 3.08. The second-order valence-corrected chi connectivity index (χ2v) is 5.80. The van der Waals surface area contributed by atoms with Crippen molar-refractivity contribution in [3.05, 3.63) is 35.9 Å². The quantitative estimate of drug-likeness (QED) is 0.812. The van der Waals surface area contributed by atoms with Gasteiger partial charge in [0.2, 0.25) is 0 Å². The largest absolute Gasteiger partial charge is 0.309 e. The summed E-state index contributed by atoms with van der Waals surface area (Å²) < 4.78 is 4.04. The second-order valence-electron chi connectivity index (χ2n) is 5.80. The van der Waals surface area contributed by atoms with Gasteiger partial charge < -0.3 is 5.32 Å². The van der Waals surface area contributed by atoms with E-state index < -0.39 is 0 Å². The molecule has 21 heavy (non-hydrogen) atoms. The number of hydrogen-bond acceptors (Lipinski definition) is 3. The summed E-state index contributed by atoms with van der Waals surface area (Å²) in [6.45, 7) is 10.2. The van der Waals surface area contributed by atoms with E-state index in [4.69, 9.17) is 0 Å². The van der Waals surface area contributed by atoms with E-state index in [9.17, 15) is 0 Å². The number of nitrogens with one attached hydrogen (secondary N) is 1. The number of nitrogens with zero attached hydrogens (tertiary/aromatic N) is 4. The van der Waals surface area contributed by atoms with E-state index in [1.165, 1.54) is 0 Å². The third-order valence-electron chi connectivity index (χ3n) is 3.69. The van der Waals surface area contributed by atoms with E-state index >= 15 is 0 Å². The van der Waals surface area contributed by atoms with Crippen LogP contribution in [0.4, 0.5) is 0 Å². The summed E-state index contributed by atoms with van der Waals surface area (Å²) in [7, 11) is 0. The first-order valence-corrected chi connectivity index (χ1v) is 7.92. The summed E-state index contributed by atoms with van der Waals surface area (Å²) in [6, 6.07) is 5.13. The van der Waals surface area contributed by atoms with Crippen molar-refractivity contribution in [1.29, 1.82) is 0 Å². The Bertz CT molecular complexity index is 536. The van der Waals surface area contributed by atoms with Crippen molar-refractivity contribution in [2.24, 2.45) is 0 Å². The Morgan fingerprint density at radius 2 is 1.76 bits per heavy atom. The van der Waals surface area contributed by atoms with Crippen LogP contribution in [0.1, 0.15) is 58.0 Å². The van der Waals surface area contributed by atoms with Gasteiger partial charge in [0.05, 0.1) is 24.0 Å². The van der Waals surface area contributed by atoms with Crippen LogP contribution in [0.3, 0.4) is 0 Å². The molecule has 0 atom stereocenters. The maximum atomic E-state index is 4.67. The van der Waals surface area contributed by atoms with Crippen LogP contribution >= 0.6 is 0 Å². The summed E-state index contributed by atoms with van der Waals surface area (Å²) in [4.78, 5) is 0. The van der Waals surface area contributed by atoms with Crippen molar-refractivity contribution in [2.75, 3.05) is 0 Å². The monoisotopic (exact) mass is 289 g/mol. The number of hydrogen-bond donors (Lipinski definition) is 1. The average molecular weight is 289 g/mol. The molecule has 0 radical (unpaired) electrons. The van der Waals surface area contributed by atoms with Gasteiger partial charge in [-0.05, 0) is 25.0 Å². The van der Waals surface area contributed by atoms with Gasteiger partial charge >= 0.3 is 0 Å². The lowest BCUT2D eigenvalue weighted by Crippen LogP contribution is -2.22. The summed E-state index contributed by atoms with van der Waals surface area (Å²) in [5.74, 6) is 0. The maximum Gasteiger partial charge on any atom is 0.0849 e. The molecular weight excluding hydrogens is 262 g/mol. The maximum absolute atomic E-state index is 4.67. The van der Waals surface area contributed by atoms with E-state index in [0.29, 0.717) is 12.1 Å². The van der Waals surface area contributed by atoms with Gasteiger partial charge in [-0.3, -0.25) is 9.36 Å². The summed E-state index contributed by atoms with van der Waals surface area (Å²) in [5.41, 5.74) is 2.14. The molecule has 116 valence electrons. The van der Waals surface area contributed by atoms with Crippen LogP contribution in [0.25, 0.3) is 0 Å². The van der Waals surface area contributed by atoms with Gasteiger partial charge in [-0.25, -0.2) is 0 Å². The molecule has 0 unspecified atom stereocenters. The Hall–Kier alpha value is -1.62. The lowest BCUT2D eigenvalue weighted by atomic mass is 10.2. The Labute approximate surface area is 127 Å². The molecule has 0 saturated heterocycles. The molecule has 0 aliphatic rings. The molecule has 0 saturated carbocycles. The third-order valence-corrected chi connectivity index (χ3v) is 3.69. The third kappa shape index (κ3) is 4.43. The van der Waals surface area contributed by atoms with Crippen LogP contribution in [0.15, 0.2) is 24.5 Å². The highest BCUT2D eigenvalue weighted by molar-refractivity contribution is 5.04. The van der Waals surface area contributed by atoms with Gasteiger partial charge in [0.1, 0.15) is 0 Å². The molecule has 0 amide bonds. The zero-order valence-electron chi connectivity index (χ0n) is 13.6. The molecular formula is C16H27N5. The fraction of sp³-hybridized carbons (Fsp3) is 0.625. The molecule has 1 N–H and O–H groups in total. The van der Waals surface area contributed by atoms with Gasteiger partial charge in [-0.1, -0.05) is 27.7 Å². The molecule has 0 bridgehead atoms. The Morgan fingerprint density at radius 3 is 2.43 bits per heavy atom. The first kappa shape index (κ1) is 15.8. The second kappa shape index (κ2) is 7.41. The van der Waals surface area contributed by atoms with Gasteiger partial charge in [-0.2, -0.15) is 10.2 Å². The van der Waals surface area contributed by atoms with E-state index in [0.717, 1.165) is 37.3 Å². The molecule has 0 fully saturated rings. The van der Waals surface area contributed by atoms with Crippen LogP contribution in [-0.2, 0) is 13.1 Å². The van der Waals surface area contributed by atoms with Crippen molar-refractivity contribution in [3.8, 4) is 0 Å². The molecule has 0 spiro atoms. The smallest absolute Gasteiger partial charge is 0.0849 e. The van der Waals surface area contributed by atoms with Crippen LogP contribution < -0.4 is 5.32 Å². The molecule has 2 aromatic heterocycles. The summed E-state index contributed by atoms with van der Waals surface area (Å²) in [6.07, 6.45) is 6.33. The Morgan fingerprint density at radius 1 is 1.05 bits per heavy atom. The van der Waals surface area contributed by atoms with Gasteiger partial charge in [-0.15, -0.1) is 0 Å². The fourth-order valence-corrected chi connectivity index (χ4v) is 2.39. The minimum absolute atomic E-state index is 0.478. The Balaban J connectivity index is 1.95. The summed E-state index contributed by atoms with van der Waals surface area (Å²) >= 11 is 0. The van der Waals surface area contributed by atoms with Crippen molar-refractivity contribution in [1.82, 2.24) is 24.9 Å². The van der Waals surface area contributed by atoms with E-state index in [2.05, 4.69) is 66.2 Å². The van der Waals surface area contributed by atoms with E-state index in [-0.39, 0.29) is 0 Å². The highest BCUT2D eigenvalue weighted by atomic mass is 15.3. The van der Waals surface area contributed by atoms with Crippen molar-refractivity contribution in [2.45, 2.75) is 65.7 Å². The van der Waals surface area contributed by atoms with E-state index in [1.54, 1.807) is 0 Å². The predicted octanol–water partition coefficient (Wildman–Crippen LogP) is 2.99. The zero-order valence-corrected chi connectivity index (χ0v) is 13.6. The fourth-order valence-electron chi connectivity index (χ4n) is 2.39. The standard InChI is InChI=1S/C16H27N5/c1-5-16(6-2)21-10-8-15(19-21)12-20-9-7-14(18-20)11-17-13(3)4/h7-10,13,16-17H,5-6,11-12H2,1-4H3. The molecule has 0 aliphatic heterocycles. The van der Waals surface area contributed by atoms with Crippen molar-refractivity contribution in [3.63, 3.8) is 0 Å². The molecule has 0 aromatic carbocycles. The number of aromatic nitrogens is 4. The van der Waals surface area contributed by atoms with Gasteiger partial charge in [0.25, 0.3) is 0 Å². The SMILES string of the molecule is CCC(CC)n1ccc(Cn2ccc(CNC(C)C)n2)n1. The van der Waals surface area contributed by atoms with Gasteiger partial charge in [0, 0.05) is 25.0 Å². The van der Waals surface area contributed by atoms with Crippen LogP contribution in [0.5, 0.6) is 0 Å². The van der Waals surface area contributed by atoms with Crippen LogP contribution in [0, 0.1) is 0 Å². The predicted molar refractivity (Wildman–Crippen MR) is 85.2 cm³/mol. The Kier molecular flexibility index (Phi) is 5.56. The lowest BCUT2D eigenvalue weighted by molar-refractivity contribution is 0.424. The first-order chi connectivity index (χ1) is 10.1. The van der Waals surface area contributed by atoms with Gasteiger partial charge in [0.15, 0.2) is 0 Å². The first-order valence-electron chi connectivity index (χ1n) is 7.92. The zero-order chi connectivity index (χ0) is 15.2. The topological polar surface area (TPSA) is 47.7 Å². The van der Waals surface area contributed by atoms with Crippen LogP contribution in [-0.4, -0.2) is 25.6 Å². The molecule has 5 heteroatoms. The molecule has 2 rings (SSSR count). The number of rotatable bonds is 8. The molecule has 0 aliphatic carbocycles. The highest BCUT2D eigenvalue weighted by Crippen LogP contribution is 2.14. The molecule has 2 heterocycles. The molecule has 5 nitrogen and oxygen atoms in total. The van der Waals surface area contributed by atoms with Crippen LogP contribution in [0.2, 0.25) is 0 Å². The molecule has 2 aromatic rings. The lowest BCUT2D eigenvalue weighted by Gasteiger charge is -2.12. The normalized spacial score (nSPS) is 11.7. The highest BCUT2D eigenvalue weighted by Gasteiger charge is 2.08. The minimum atomic E-state index is 0.478. The minimum Gasteiger partial charge on any atom is -0.309 e.